The minimum Gasteiger partial charge on any atom is -0.497 e. The normalized spacial score (nSPS) is 18.5. The Morgan fingerprint density at radius 1 is 0.875 bits per heavy atom. The lowest BCUT2D eigenvalue weighted by molar-refractivity contribution is -0.132. The van der Waals surface area contributed by atoms with E-state index in [1.165, 1.54) is 4.90 Å². The first-order valence-electron chi connectivity index (χ1n) is 13.7. The lowest BCUT2D eigenvalue weighted by Crippen LogP contribution is -2.52. The average Bonchev–Trinajstić information content (AvgIpc) is 3.48. The molecule has 1 saturated carbocycles. The van der Waals surface area contributed by atoms with E-state index < -0.39 is 18.1 Å². The van der Waals surface area contributed by atoms with Crippen molar-refractivity contribution in [1.82, 2.24) is 5.32 Å². The molecule has 2 atom stereocenters. The number of hydrogen-bond acceptors (Lipinski definition) is 7. The molecular formula is C31H32N2O7. The summed E-state index contributed by atoms with van der Waals surface area (Å²) in [4.78, 5) is 30.1. The molecule has 0 radical (unpaired) electrons. The second-order valence-corrected chi connectivity index (χ2v) is 10.1. The molecular weight excluding hydrogens is 512 g/mol. The van der Waals surface area contributed by atoms with E-state index in [9.17, 15) is 9.59 Å². The number of nitrogens with zero attached hydrogens (tertiary/aromatic N) is 1. The van der Waals surface area contributed by atoms with Crippen LogP contribution in [-0.2, 0) is 9.59 Å². The van der Waals surface area contributed by atoms with Gasteiger partial charge in [-0.15, -0.1) is 0 Å². The maximum atomic E-state index is 14.4. The topological polar surface area (TPSA) is 95.6 Å². The standard InChI is InChI=1S/C31H32N2O7/c1-36-23-11-7-8-20(16-23)29(30(34)32-21-9-3-2-4-10-21)33(22-14-15-25-27(17-22)39-19-38-25)31(35)28-18-37-24-12-5-6-13-26(24)40-28/h5-8,11-17,21,28-29H,2-4,9-10,18-19H2,1H3,(H,32,34)/t28-,29+/m0/s1. The van der Waals surface area contributed by atoms with Gasteiger partial charge >= 0.3 is 0 Å². The Hall–Kier alpha value is -4.40. The van der Waals surface area contributed by atoms with Gasteiger partial charge in [0.2, 0.25) is 18.8 Å². The van der Waals surface area contributed by atoms with Crippen LogP contribution in [0.2, 0.25) is 0 Å². The summed E-state index contributed by atoms with van der Waals surface area (Å²) in [5.41, 5.74) is 1.08. The van der Waals surface area contributed by atoms with E-state index in [1.54, 1.807) is 49.6 Å². The van der Waals surface area contributed by atoms with Crippen LogP contribution in [0.3, 0.4) is 0 Å². The minimum absolute atomic E-state index is 0.00593. The molecule has 0 unspecified atom stereocenters. The highest BCUT2D eigenvalue weighted by Crippen LogP contribution is 2.40. The second-order valence-electron chi connectivity index (χ2n) is 10.1. The van der Waals surface area contributed by atoms with Crippen LogP contribution in [0, 0.1) is 0 Å². The molecule has 3 aliphatic rings. The van der Waals surface area contributed by atoms with Gasteiger partial charge in [0.05, 0.1) is 7.11 Å². The van der Waals surface area contributed by atoms with Crippen molar-refractivity contribution in [2.45, 2.75) is 50.3 Å². The van der Waals surface area contributed by atoms with Crippen molar-refractivity contribution in [2.24, 2.45) is 0 Å². The zero-order valence-corrected chi connectivity index (χ0v) is 22.3. The number of amides is 2. The van der Waals surface area contributed by atoms with Crippen molar-refractivity contribution in [3.63, 3.8) is 0 Å². The van der Waals surface area contributed by atoms with Crippen LogP contribution in [-0.4, -0.2) is 44.5 Å². The Bertz CT molecular complexity index is 1390. The molecule has 0 saturated heterocycles. The minimum atomic E-state index is -1.01. The van der Waals surface area contributed by atoms with Crippen LogP contribution in [0.15, 0.2) is 66.7 Å². The Morgan fingerprint density at radius 2 is 1.65 bits per heavy atom. The Morgan fingerprint density at radius 3 is 2.48 bits per heavy atom. The van der Waals surface area contributed by atoms with Crippen LogP contribution in [0.1, 0.15) is 43.7 Å². The monoisotopic (exact) mass is 544 g/mol. The summed E-state index contributed by atoms with van der Waals surface area (Å²) in [5, 5.41) is 3.23. The van der Waals surface area contributed by atoms with Gasteiger partial charge in [-0.3, -0.25) is 14.5 Å². The van der Waals surface area contributed by atoms with Crippen molar-refractivity contribution in [3.8, 4) is 28.7 Å². The molecule has 3 aromatic rings. The van der Waals surface area contributed by atoms with Gasteiger partial charge in [0.1, 0.15) is 18.4 Å². The van der Waals surface area contributed by atoms with Crippen molar-refractivity contribution >= 4 is 17.5 Å². The van der Waals surface area contributed by atoms with E-state index in [2.05, 4.69) is 5.32 Å². The van der Waals surface area contributed by atoms with Gasteiger partial charge in [-0.1, -0.05) is 43.5 Å². The molecule has 1 aliphatic carbocycles. The number of methoxy groups -OCH3 is 1. The molecule has 40 heavy (non-hydrogen) atoms. The van der Waals surface area contributed by atoms with Crippen molar-refractivity contribution in [3.05, 3.63) is 72.3 Å². The van der Waals surface area contributed by atoms with Gasteiger partial charge in [-0.25, -0.2) is 0 Å². The molecule has 1 N–H and O–H groups in total. The molecule has 6 rings (SSSR count). The molecule has 1 fully saturated rings. The first-order valence-corrected chi connectivity index (χ1v) is 13.7. The number of rotatable bonds is 7. The van der Waals surface area contributed by atoms with Gasteiger partial charge < -0.3 is 29.0 Å². The number of benzene rings is 3. The molecule has 9 heteroatoms. The van der Waals surface area contributed by atoms with Crippen LogP contribution in [0.5, 0.6) is 28.7 Å². The fourth-order valence-corrected chi connectivity index (χ4v) is 5.49. The highest BCUT2D eigenvalue weighted by Gasteiger charge is 2.40. The molecule has 0 spiro atoms. The summed E-state index contributed by atoms with van der Waals surface area (Å²) in [5.74, 6) is 2.01. The molecule has 2 aliphatic heterocycles. The number of fused-ring (bicyclic) bond motifs is 2. The number of nitrogens with one attached hydrogen (secondary N) is 1. The number of anilines is 1. The highest BCUT2D eigenvalue weighted by molar-refractivity contribution is 6.04. The van der Waals surface area contributed by atoms with Crippen LogP contribution in [0.4, 0.5) is 5.69 Å². The van der Waals surface area contributed by atoms with Crippen LogP contribution in [0.25, 0.3) is 0 Å². The van der Waals surface area contributed by atoms with Crippen molar-refractivity contribution in [2.75, 3.05) is 25.4 Å². The first-order chi connectivity index (χ1) is 19.6. The smallest absolute Gasteiger partial charge is 0.272 e. The number of carbonyl (C=O) groups excluding carboxylic acids is 2. The SMILES string of the molecule is COc1cccc([C@H](C(=O)NC2CCCCC2)N(C(=O)[C@@H]2COc3ccccc3O2)c2ccc3c(c2)OCO3)c1. The van der Waals surface area contributed by atoms with E-state index in [0.29, 0.717) is 40.0 Å². The number of hydrogen-bond donors (Lipinski definition) is 1. The predicted octanol–water partition coefficient (Wildman–Crippen LogP) is 4.79. The summed E-state index contributed by atoms with van der Waals surface area (Å²) in [7, 11) is 1.57. The maximum absolute atomic E-state index is 14.4. The van der Waals surface area contributed by atoms with E-state index in [1.807, 2.05) is 24.3 Å². The number of para-hydroxylation sites is 2. The van der Waals surface area contributed by atoms with Crippen LogP contribution < -0.4 is 33.9 Å². The van der Waals surface area contributed by atoms with E-state index >= 15 is 0 Å². The van der Waals surface area contributed by atoms with Crippen molar-refractivity contribution in [1.29, 1.82) is 0 Å². The fraction of sp³-hybridized carbons (Fsp3) is 0.355. The zero-order chi connectivity index (χ0) is 27.5. The van der Waals surface area contributed by atoms with Gasteiger partial charge in [-0.2, -0.15) is 0 Å². The quantitative estimate of drug-likeness (QED) is 0.457. The molecule has 2 heterocycles. The largest absolute Gasteiger partial charge is 0.497 e. The summed E-state index contributed by atoms with van der Waals surface area (Å²) in [6.45, 7) is 0.0938. The molecule has 9 nitrogen and oxygen atoms in total. The Balaban J connectivity index is 1.42. The predicted molar refractivity (Wildman–Crippen MR) is 147 cm³/mol. The lowest BCUT2D eigenvalue weighted by atomic mass is 9.94. The molecule has 2 amide bonds. The second kappa shape index (κ2) is 11.4. The maximum Gasteiger partial charge on any atom is 0.272 e. The van der Waals surface area contributed by atoms with Crippen molar-refractivity contribution < 1.29 is 33.3 Å². The van der Waals surface area contributed by atoms with Gasteiger partial charge in [0.15, 0.2) is 23.0 Å². The third-order valence-electron chi connectivity index (χ3n) is 7.52. The third-order valence-corrected chi connectivity index (χ3v) is 7.52. The zero-order valence-electron chi connectivity index (χ0n) is 22.3. The molecule has 0 bridgehead atoms. The molecule has 0 aromatic heterocycles. The third kappa shape index (κ3) is 5.23. The first kappa shape index (κ1) is 25.9. The number of carbonyl (C=O) groups is 2. The van der Waals surface area contributed by atoms with E-state index in [-0.39, 0.29) is 25.3 Å². The van der Waals surface area contributed by atoms with Gasteiger partial charge in [0, 0.05) is 17.8 Å². The van der Waals surface area contributed by atoms with Gasteiger partial charge in [-0.05, 0) is 54.8 Å². The van der Waals surface area contributed by atoms with Gasteiger partial charge in [0.25, 0.3) is 5.91 Å². The van der Waals surface area contributed by atoms with E-state index in [4.69, 9.17) is 23.7 Å². The van der Waals surface area contributed by atoms with E-state index in [0.717, 1.165) is 32.1 Å². The lowest BCUT2D eigenvalue weighted by Gasteiger charge is -2.36. The Kier molecular flexibility index (Phi) is 7.35. The average molecular weight is 545 g/mol. The summed E-state index contributed by atoms with van der Waals surface area (Å²) in [6, 6.07) is 18.7. The summed E-state index contributed by atoms with van der Waals surface area (Å²) < 4.78 is 28.6. The fourth-order valence-electron chi connectivity index (χ4n) is 5.49. The molecule has 208 valence electrons. The van der Waals surface area contributed by atoms with Crippen LogP contribution >= 0.6 is 0 Å². The summed E-state index contributed by atoms with van der Waals surface area (Å²) in [6.07, 6.45) is 4.12. The summed E-state index contributed by atoms with van der Waals surface area (Å²) >= 11 is 0. The Labute approximate surface area is 232 Å². The molecule has 3 aromatic carbocycles. The highest BCUT2D eigenvalue weighted by atomic mass is 16.7. The number of ether oxygens (including phenoxy) is 5.